The Labute approximate surface area is 81.4 Å². The molecule has 0 spiro atoms. The van der Waals surface area contributed by atoms with E-state index < -0.39 is 22.4 Å². The lowest BCUT2D eigenvalue weighted by molar-refractivity contribution is 0.0982. The lowest BCUT2D eigenvalue weighted by atomic mass is 10.1. The molecule has 1 unspecified atom stereocenters. The minimum atomic E-state index is -1.52. The van der Waals surface area contributed by atoms with Gasteiger partial charge >= 0.3 is 0 Å². The van der Waals surface area contributed by atoms with Crippen molar-refractivity contribution < 1.29 is 17.8 Å². The van der Waals surface area contributed by atoms with E-state index in [1.54, 1.807) is 0 Å². The molecule has 0 saturated carbocycles. The summed E-state index contributed by atoms with van der Waals surface area (Å²) in [5.74, 6) is -1.94. The number of ketones is 1. The molecule has 1 aromatic rings. The first-order valence-corrected chi connectivity index (χ1v) is 5.32. The summed E-state index contributed by atoms with van der Waals surface area (Å²) in [5, 5.41) is 0. The second-order valence-electron chi connectivity index (χ2n) is 2.99. The van der Waals surface area contributed by atoms with Gasteiger partial charge in [-0.2, -0.15) is 0 Å². The highest BCUT2D eigenvalue weighted by atomic mass is 32.2. The highest BCUT2D eigenvalue weighted by Gasteiger charge is 2.26. The number of hydrogen-bond donors (Lipinski definition) is 0. The molecule has 1 heterocycles. The van der Waals surface area contributed by atoms with Gasteiger partial charge < -0.3 is 0 Å². The molecule has 14 heavy (non-hydrogen) atoms. The van der Waals surface area contributed by atoms with Crippen LogP contribution < -0.4 is 0 Å². The lowest BCUT2D eigenvalue weighted by Crippen LogP contribution is -2.18. The van der Waals surface area contributed by atoms with Gasteiger partial charge in [-0.15, -0.1) is 0 Å². The van der Waals surface area contributed by atoms with E-state index in [1.165, 1.54) is 0 Å². The number of halogens is 2. The summed E-state index contributed by atoms with van der Waals surface area (Å²) in [5.41, 5.74) is -0.0768. The molecule has 1 aromatic carbocycles. The van der Waals surface area contributed by atoms with Gasteiger partial charge in [0.2, 0.25) is 0 Å². The van der Waals surface area contributed by atoms with Gasteiger partial charge in [0.1, 0.15) is 11.6 Å². The molecular weight excluding hydrogens is 210 g/mol. The van der Waals surface area contributed by atoms with Crippen LogP contribution >= 0.6 is 0 Å². The van der Waals surface area contributed by atoms with Crippen LogP contribution in [-0.4, -0.2) is 15.7 Å². The average Bonchev–Trinajstić information content (AvgIpc) is 2.10. The second-order valence-corrected chi connectivity index (χ2v) is 4.49. The van der Waals surface area contributed by atoms with Crippen LogP contribution in [0.25, 0.3) is 0 Å². The molecule has 1 aliphatic rings. The minimum Gasteiger partial charge on any atom is -0.294 e. The zero-order chi connectivity index (χ0) is 10.3. The van der Waals surface area contributed by atoms with Crippen molar-refractivity contribution in [1.29, 1.82) is 0 Å². The first-order valence-electron chi connectivity index (χ1n) is 4.00. The Balaban J connectivity index is 2.72. The smallest absolute Gasteiger partial charge is 0.165 e. The van der Waals surface area contributed by atoms with Crippen molar-refractivity contribution in [1.82, 2.24) is 0 Å². The number of carbonyl (C=O) groups is 1. The van der Waals surface area contributed by atoms with Gasteiger partial charge in [0.05, 0.1) is 15.7 Å². The molecule has 0 saturated heterocycles. The van der Waals surface area contributed by atoms with E-state index in [2.05, 4.69) is 0 Å². The SMILES string of the molecule is O=C1CCS(=O)c2c(F)cc(F)cc21. The summed E-state index contributed by atoms with van der Waals surface area (Å²) < 4.78 is 37.3. The number of Topliss-reactive ketones (excluding diaryl/α,β-unsaturated/α-hetero) is 1. The summed E-state index contributed by atoms with van der Waals surface area (Å²) in [6, 6.07) is 1.59. The lowest BCUT2D eigenvalue weighted by Gasteiger charge is -2.14. The number of fused-ring (bicyclic) bond motifs is 1. The molecule has 5 heteroatoms. The maximum Gasteiger partial charge on any atom is 0.165 e. The standard InChI is InChI=1S/C9H6F2O2S/c10-5-3-6-8(12)1-2-14(13)9(6)7(11)4-5/h3-4H,1-2H2. The van der Waals surface area contributed by atoms with Crippen LogP contribution in [0.3, 0.4) is 0 Å². The normalized spacial score (nSPS) is 20.7. The molecule has 0 aliphatic carbocycles. The third-order valence-electron chi connectivity index (χ3n) is 2.05. The molecule has 0 amide bonds. The Morgan fingerprint density at radius 3 is 2.71 bits per heavy atom. The number of hydrogen-bond acceptors (Lipinski definition) is 2. The van der Waals surface area contributed by atoms with E-state index in [-0.39, 0.29) is 28.4 Å². The van der Waals surface area contributed by atoms with E-state index in [9.17, 15) is 17.8 Å². The van der Waals surface area contributed by atoms with Crippen LogP contribution in [0.15, 0.2) is 17.0 Å². The molecule has 2 nitrogen and oxygen atoms in total. The minimum absolute atomic E-state index is 0.0768. The predicted molar refractivity (Wildman–Crippen MR) is 46.6 cm³/mol. The van der Waals surface area contributed by atoms with E-state index in [0.717, 1.165) is 6.07 Å². The third-order valence-corrected chi connectivity index (χ3v) is 3.50. The van der Waals surface area contributed by atoms with Gasteiger partial charge in [-0.1, -0.05) is 0 Å². The Morgan fingerprint density at radius 1 is 1.29 bits per heavy atom. The fourth-order valence-corrected chi connectivity index (χ4v) is 2.69. The van der Waals surface area contributed by atoms with Crippen molar-refractivity contribution in [3.05, 3.63) is 29.3 Å². The molecule has 2 rings (SSSR count). The van der Waals surface area contributed by atoms with Gasteiger partial charge in [-0.3, -0.25) is 9.00 Å². The molecule has 0 N–H and O–H groups in total. The number of rotatable bonds is 0. The van der Waals surface area contributed by atoms with Crippen LogP contribution in [0, 0.1) is 11.6 Å². The van der Waals surface area contributed by atoms with Crippen LogP contribution in [0.5, 0.6) is 0 Å². The highest BCUT2D eigenvalue weighted by molar-refractivity contribution is 7.85. The fourth-order valence-electron chi connectivity index (χ4n) is 1.42. The molecule has 74 valence electrons. The zero-order valence-electron chi connectivity index (χ0n) is 7.05. The van der Waals surface area contributed by atoms with E-state index >= 15 is 0 Å². The molecule has 0 fully saturated rings. The predicted octanol–water partition coefficient (Wildman–Crippen LogP) is 1.66. The largest absolute Gasteiger partial charge is 0.294 e. The zero-order valence-corrected chi connectivity index (χ0v) is 7.87. The summed E-state index contributed by atoms with van der Waals surface area (Å²) in [4.78, 5) is 11.1. The number of carbonyl (C=O) groups excluding carboxylic acids is 1. The molecule has 1 atom stereocenters. The maximum atomic E-state index is 13.2. The molecule has 0 bridgehead atoms. The molecule has 1 aliphatic heterocycles. The van der Waals surface area contributed by atoms with Crippen LogP contribution in [0.4, 0.5) is 8.78 Å². The summed E-state index contributed by atoms with van der Waals surface area (Å²) in [7, 11) is -1.52. The topological polar surface area (TPSA) is 34.1 Å². The second kappa shape index (κ2) is 3.24. The number of benzene rings is 1. The summed E-state index contributed by atoms with van der Waals surface area (Å²) in [6.07, 6.45) is 0.0858. The van der Waals surface area contributed by atoms with Crippen LogP contribution in [0.1, 0.15) is 16.8 Å². The van der Waals surface area contributed by atoms with Gasteiger partial charge in [-0.05, 0) is 6.07 Å². The Hall–Kier alpha value is -1.10. The van der Waals surface area contributed by atoms with Gasteiger partial charge in [0.15, 0.2) is 5.78 Å². The monoisotopic (exact) mass is 216 g/mol. The Kier molecular flexibility index (Phi) is 2.19. The van der Waals surface area contributed by atoms with Gasteiger partial charge in [0.25, 0.3) is 0 Å². The molecular formula is C9H6F2O2S. The van der Waals surface area contributed by atoms with E-state index in [1.807, 2.05) is 0 Å². The first kappa shape index (κ1) is 9.45. The van der Waals surface area contributed by atoms with Crippen molar-refractivity contribution in [3.63, 3.8) is 0 Å². The fraction of sp³-hybridized carbons (Fsp3) is 0.222. The summed E-state index contributed by atoms with van der Waals surface area (Å²) >= 11 is 0. The summed E-state index contributed by atoms with van der Waals surface area (Å²) in [6.45, 7) is 0. The Morgan fingerprint density at radius 2 is 2.00 bits per heavy atom. The molecule has 0 aromatic heterocycles. The first-order chi connectivity index (χ1) is 6.59. The molecule has 0 radical (unpaired) electrons. The van der Waals surface area contributed by atoms with Crippen molar-refractivity contribution in [2.45, 2.75) is 11.3 Å². The average molecular weight is 216 g/mol. The van der Waals surface area contributed by atoms with Crippen LogP contribution in [0.2, 0.25) is 0 Å². The van der Waals surface area contributed by atoms with Crippen LogP contribution in [-0.2, 0) is 10.8 Å². The van der Waals surface area contributed by atoms with Gasteiger partial charge in [-0.25, -0.2) is 8.78 Å². The van der Waals surface area contributed by atoms with Gasteiger partial charge in [0, 0.05) is 23.8 Å². The third kappa shape index (κ3) is 1.37. The maximum absolute atomic E-state index is 13.2. The van der Waals surface area contributed by atoms with Crippen molar-refractivity contribution >= 4 is 16.6 Å². The quantitative estimate of drug-likeness (QED) is 0.661. The van der Waals surface area contributed by atoms with Crippen molar-refractivity contribution in [2.24, 2.45) is 0 Å². The van der Waals surface area contributed by atoms with E-state index in [0.29, 0.717) is 6.07 Å². The van der Waals surface area contributed by atoms with E-state index in [4.69, 9.17) is 0 Å². The highest BCUT2D eigenvalue weighted by Crippen LogP contribution is 2.25. The van der Waals surface area contributed by atoms with Crippen molar-refractivity contribution in [2.75, 3.05) is 5.75 Å². The van der Waals surface area contributed by atoms with Crippen molar-refractivity contribution in [3.8, 4) is 0 Å². The Bertz CT molecular complexity index is 443.